The van der Waals surface area contributed by atoms with E-state index in [4.69, 9.17) is 10.00 Å². The molecule has 4 heteroatoms. The Balaban J connectivity index is 2.16. The Hall–Kier alpha value is -1.57. The molecule has 0 aliphatic carbocycles. The summed E-state index contributed by atoms with van der Waals surface area (Å²) in [6, 6.07) is 7.55. The Morgan fingerprint density at radius 1 is 1.59 bits per heavy atom. The van der Waals surface area contributed by atoms with Crippen molar-refractivity contribution in [3.63, 3.8) is 0 Å². The molecule has 0 spiro atoms. The van der Waals surface area contributed by atoms with Crippen molar-refractivity contribution in [2.45, 2.75) is 19.1 Å². The molecule has 2 rings (SSSR count). The largest absolute Gasteiger partial charge is 0.496 e. The smallest absolute Gasteiger partial charge is 0.123 e. The third-order valence-electron chi connectivity index (χ3n) is 3.05. The standard InChI is InChI=1S/C13H16N2O2/c1-17-13-3-2-10(7-14)6-11(13)8-15-5-4-12(16)9-15/h2-3,6,12,16H,4-5,8-9H2,1H3/t12-/m1/s1. The zero-order valence-corrected chi connectivity index (χ0v) is 9.89. The number of hydrogen-bond donors (Lipinski definition) is 1. The number of likely N-dealkylation sites (tertiary alicyclic amines) is 1. The maximum atomic E-state index is 9.48. The maximum Gasteiger partial charge on any atom is 0.123 e. The number of methoxy groups -OCH3 is 1. The van der Waals surface area contributed by atoms with Crippen molar-refractivity contribution in [2.75, 3.05) is 20.2 Å². The van der Waals surface area contributed by atoms with Crippen LogP contribution < -0.4 is 4.74 Å². The molecule has 0 unspecified atom stereocenters. The van der Waals surface area contributed by atoms with Gasteiger partial charge in [0.15, 0.2) is 0 Å². The van der Waals surface area contributed by atoms with Gasteiger partial charge in [-0.2, -0.15) is 5.26 Å². The van der Waals surface area contributed by atoms with E-state index in [2.05, 4.69) is 11.0 Å². The molecule has 90 valence electrons. The minimum Gasteiger partial charge on any atom is -0.496 e. The van der Waals surface area contributed by atoms with Crippen LogP contribution in [-0.2, 0) is 6.54 Å². The number of rotatable bonds is 3. The number of benzene rings is 1. The lowest BCUT2D eigenvalue weighted by Gasteiger charge is -2.17. The first-order valence-corrected chi connectivity index (χ1v) is 5.70. The Kier molecular flexibility index (Phi) is 3.62. The molecule has 1 atom stereocenters. The van der Waals surface area contributed by atoms with E-state index in [9.17, 15) is 5.11 Å². The number of β-amino-alcohol motifs (C(OH)–C–C–N with tert-alkyl or cyclic N) is 1. The van der Waals surface area contributed by atoms with E-state index in [1.807, 2.05) is 12.1 Å². The van der Waals surface area contributed by atoms with Crippen LogP contribution in [0, 0.1) is 11.3 Å². The molecule has 4 nitrogen and oxygen atoms in total. The van der Waals surface area contributed by atoms with Crippen LogP contribution in [-0.4, -0.2) is 36.3 Å². The van der Waals surface area contributed by atoms with Crippen LogP contribution in [0.3, 0.4) is 0 Å². The van der Waals surface area contributed by atoms with Crippen LogP contribution in [0.4, 0.5) is 0 Å². The van der Waals surface area contributed by atoms with Gasteiger partial charge in [0.25, 0.3) is 0 Å². The minimum atomic E-state index is -0.222. The average molecular weight is 232 g/mol. The van der Waals surface area contributed by atoms with Crippen LogP contribution in [0.25, 0.3) is 0 Å². The zero-order chi connectivity index (χ0) is 12.3. The summed E-state index contributed by atoms with van der Waals surface area (Å²) < 4.78 is 5.28. The monoisotopic (exact) mass is 232 g/mol. The van der Waals surface area contributed by atoms with Crippen molar-refractivity contribution in [2.24, 2.45) is 0 Å². The minimum absolute atomic E-state index is 0.222. The summed E-state index contributed by atoms with van der Waals surface area (Å²) in [5.74, 6) is 0.797. The van der Waals surface area contributed by atoms with E-state index in [0.29, 0.717) is 12.1 Å². The molecule has 0 saturated carbocycles. The summed E-state index contributed by atoms with van der Waals surface area (Å²) in [6.07, 6.45) is 0.598. The number of nitrogens with zero attached hydrogens (tertiary/aromatic N) is 2. The lowest BCUT2D eigenvalue weighted by molar-refractivity contribution is 0.174. The van der Waals surface area contributed by atoms with E-state index in [1.165, 1.54) is 0 Å². The number of nitriles is 1. The first-order chi connectivity index (χ1) is 8.22. The molecule has 0 amide bonds. The van der Waals surface area contributed by atoms with E-state index < -0.39 is 0 Å². The van der Waals surface area contributed by atoms with Crippen LogP contribution in [0.1, 0.15) is 17.5 Å². The molecule has 0 bridgehead atoms. The predicted molar refractivity (Wildman–Crippen MR) is 63.6 cm³/mol. The quantitative estimate of drug-likeness (QED) is 0.849. The van der Waals surface area contributed by atoms with Crippen molar-refractivity contribution < 1.29 is 9.84 Å². The number of aliphatic hydroxyl groups excluding tert-OH is 1. The Labute approximate surface area is 101 Å². The molecular formula is C13H16N2O2. The third kappa shape index (κ3) is 2.76. The molecule has 1 fully saturated rings. The van der Waals surface area contributed by atoms with Crippen molar-refractivity contribution in [3.05, 3.63) is 29.3 Å². The molecular weight excluding hydrogens is 216 g/mol. The molecule has 1 saturated heterocycles. The molecule has 1 heterocycles. The molecule has 1 aliphatic rings. The number of aliphatic hydroxyl groups is 1. The topological polar surface area (TPSA) is 56.5 Å². The highest BCUT2D eigenvalue weighted by Gasteiger charge is 2.21. The highest BCUT2D eigenvalue weighted by molar-refractivity contribution is 5.42. The fraction of sp³-hybridized carbons (Fsp3) is 0.462. The van der Waals surface area contributed by atoms with Gasteiger partial charge >= 0.3 is 0 Å². The predicted octanol–water partition coefficient (Wildman–Crippen LogP) is 1.13. The molecule has 1 aromatic rings. The van der Waals surface area contributed by atoms with Gasteiger partial charge in [0.2, 0.25) is 0 Å². The fourth-order valence-corrected chi connectivity index (χ4v) is 2.17. The van der Waals surface area contributed by atoms with Crippen molar-refractivity contribution in [3.8, 4) is 11.8 Å². The van der Waals surface area contributed by atoms with Crippen LogP contribution in [0.5, 0.6) is 5.75 Å². The van der Waals surface area contributed by atoms with E-state index in [0.717, 1.165) is 30.8 Å². The summed E-state index contributed by atoms with van der Waals surface area (Å²) in [7, 11) is 1.63. The Bertz CT molecular complexity index is 440. The SMILES string of the molecule is COc1ccc(C#N)cc1CN1CC[C@@H](O)C1. The van der Waals surface area contributed by atoms with Crippen molar-refractivity contribution >= 4 is 0 Å². The van der Waals surface area contributed by atoms with Gasteiger partial charge in [0.05, 0.1) is 24.8 Å². The lowest BCUT2D eigenvalue weighted by Crippen LogP contribution is -2.21. The van der Waals surface area contributed by atoms with Crippen LogP contribution in [0.2, 0.25) is 0 Å². The van der Waals surface area contributed by atoms with E-state index in [-0.39, 0.29) is 6.10 Å². The van der Waals surface area contributed by atoms with Gasteiger partial charge in [-0.15, -0.1) is 0 Å². The average Bonchev–Trinajstić information content (AvgIpc) is 2.74. The molecule has 17 heavy (non-hydrogen) atoms. The van der Waals surface area contributed by atoms with Gasteiger partial charge in [-0.05, 0) is 24.6 Å². The second kappa shape index (κ2) is 5.17. The van der Waals surface area contributed by atoms with Gasteiger partial charge in [0.1, 0.15) is 5.75 Å². The molecule has 0 aromatic heterocycles. The highest BCUT2D eigenvalue weighted by atomic mass is 16.5. The fourth-order valence-electron chi connectivity index (χ4n) is 2.17. The van der Waals surface area contributed by atoms with Gasteiger partial charge in [-0.25, -0.2) is 0 Å². The second-order valence-electron chi connectivity index (χ2n) is 4.32. The van der Waals surface area contributed by atoms with E-state index >= 15 is 0 Å². The summed E-state index contributed by atoms with van der Waals surface area (Å²) in [5.41, 5.74) is 1.64. The first-order valence-electron chi connectivity index (χ1n) is 5.70. The molecule has 1 aromatic carbocycles. The highest BCUT2D eigenvalue weighted by Crippen LogP contribution is 2.23. The molecule has 1 aliphatic heterocycles. The van der Waals surface area contributed by atoms with E-state index in [1.54, 1.807) is 13.2 Å². The summed E-state index contributed by atoms with van der Waals surface area (Å²) >= 11 is 0. The van der Waals surface area contributed by atoms with Gasteiger partial charge in [0, 0.05) is 25.2 Å². The number of hydrogen-bond acceptors (Lipinski definition) is 4. The van der Waals surface area contributed by atoms with Gasteiger partial charge < -0.3 is 9.84 Å². The summed E-state index contributed by atoms with van der Waals surface area (Å²) in [5, 5.41) is 18.4. The Morgan fingerprint density at radius 3 is 3.00 bits per heavy atom. The van der Waals surface area contributed by atoms with Crippen molar-refractivity contribution in [1.29, 1.82) is 5.26 Å². The van der Waals surface area contributed by atoms with Crippen molar-refractivity contribution in [1.82, 2.24) is 4.90 Å². The normalized spacial score (nSPS) is 20.2. The van der Waals surface area contributed by atoms with Crippen LogP contribution in [0.15, 0.2) is 18.2 Å². The second-order valence-corrected chi connectivity index (χ2v) is 4.32. The number of ether oxygens (including phenoxy) is 1. The van der Waals surface area contributed by atoms with Crippen LogP contribution >= 0.6 is 0 Å². The zero-order valence-electron chi connectivity index (χ0n) is 9.89. The molecule has 0 radical (unpaired) electrons. The Morgan fingerprint density at radius 2 is 2.41 bits per heavy atom. The lowest BCUT2D eigenvalue weighted by atomic mass is 10.1. The summed E-state index contributed by atoms with van der Waals surface area (Å²) in [4.78, 5) is 2.17. The first kappa shape index (κ1) is 11.9. The van der Waals surface area contributed by atoms with Gasteiger partial charge in [-0.3, -0.25) is 4.90 Å². The molecule has 1 N–H and O–H groups in total. The van der Waals surface area contributed by atoms with Gasteiger partial charge in [-0.1, -0.05) is 0 Å². The maximum absolute atomic E-state index is 9.48. The third-order valence-corrected chi connectivity index (χ3v) is 3.05. The summed E-state index contributed by atoms with van der Waals surface area (Å²) in [6.45, 7) is 2.30.